The molecule has 2 heteroatoms. The van der Waals surface area contributed by atoms with Crippen molar-refractivity contribution in [2.75, 3.05) is 0 Å². The van der Waals surface area contributed by atoms with Crippen molar-refractivity contribution in [3.63, 3.8) is 0 Å². The fraction of sp³-hybridized carbons (Fsp3) is 0. The Morgan fingerprint density at radius 1 is 0.700 bits per heavy atom. The van der Waals surface area contributed by atoms with Crippen LogP contribution < -0.4 is 0 Å². The Hall–Kier alpha value is -2.74. The summed E-state index contributed by atoms with van der Waals surface area (Å²) in [5.41, 5.74) is 4.32. The Bertz CT molecular complexity index is 899. The fourth-order valence-corrected chi connectivity index (χ4v) is 2.54. The number of hydrogen-bond acceptors (Lipinski definition) is 2. The summed E-state index contributed by atoms with van der Waals surface area (Å²) in [6, 6.07) is 20.7. The summed E-state index contributed by atoms with van der Waals surface area (Å²) >= 11 is 0. The minimum Gasteiger partial charge on any atom is -0.256 e. The molecule has 0 radical (unpaired) electrons. The molecule has 0 bridgehead atoms. The predicted molar refractivity (Wildman–Crippen MR) is 82.5 cm³/mol. The van der Waals surface area contributed by atoms with Crippen molar-refractivity contribution in [2.45, 2.75) is 0 Å². The molecule has 0 aliphatic heterocycles. The molecule has 0 saturated heterocycles. The topological polar surface area (TPSA) is 25.8 Å². The van der Waals surface area contributed by atoms with E-state index in [-0.39, 0.29) is 0 Å². The van der Waals surface area contributed by atoms with E-state index in [2.05, 4.69) is 40.3 Å². The molecule has 4 aromatic rings. The Morgan fingerprint density at radius 2 is 1.60 bits per heavy atom. The van der Waals surface area contributed by atoms with Gasteiger partial charge in [-0.3, -0.25) is 9.97 Å². The third-order valence-electron chi connectivity index (χ3n) is 3.54. The van der Waals surface area contributed by atoms with Crippen molar-refractivity contribution >= 4 is 21.8 Å². The van der Waals surface area contributed by atoms with Crippen LogP contribution in [0.25, 0.3) is 32.9 Å². The van der Waals surface area contributed by atoms with Gasteiger partial charge in [0.15, 0.2) is 0 Å². The van der Waals surface area contributed by atoms with Gasteiger partial charge in [-0.2, -0.15) is 0 Å². The van der Waals surface area contributed by atoms with Gasteiger partial charge in [0.1, 0.15) is 0 Å². The maximum absolute atomic E-state index is 4.65. The zero-order valence-electron chi connectivity index (χ0n) is 10.8. The Balaban J connectivity index is 1.99. The lowest BCUT2D eigenvalue weighted by atomic mass is 10.0. The van der Waals surface area contributed by atoms with Gasteiger partial charge in [0.2, 0.25) is 0 Å². The second-order valence-corrected chi connectivity index (χ2v) is 4.80. The molecule has 2 aromatic carbocycles. The number of fused-ring (bicyclic) bond motifs is 3. The van der Waals surface area contributed by atoms with E-state index in [1.807, 2.05) is 42.7 Å². The van der Waals surface area contributed by atoms with Crippen LogP contribution in [0.3, 0.4) is 0 Å². The van der Waals surface area contributed by atoms with Gasteiger partial charge >= 0.3 is 0 Å². The third kappa shape index (κ3) is 1.74. The number of pyridine rings is 2. The van der Waals surface area contributed by atoms with Crippen LogP contribution in [-0.4, -0.2) is 9.97 Å². The first-order chi connectivity index (χ1) is 9.92. The summed E-state index contributed by atoms with van der Waals surface area (Å²) < 4.78 is 0. The largest absolute Gasteiger partial charge is 0.256 e. The first-order valence-electron chi connectivity index (χ1n) is 6.61. The SMILES string of the molecule is c1ccc(-c2cnc3c(ccc4ncccc43)c2)cc1. The van der Waals surface area contributed by atoms with Crippen molar-refractivity contribution in [1.29, 1.82) is 0 Å². The molecular formula is C18H12N2. The van der Waals surface area contributed by atoms with Gasteiger partial charge in [0.05, 0.1) is 11.0 Å². The number of nitrogens with zero attached hydrogens (tertiary/aromatic N) is 2. The maximum Gasteiger partial charge on any atom is 0.0796 e. The number of aromatic nitrogens is 2. The summed E-state index contributed by atoms with van der Waals surface area (Å²) in [4.78, 5) is 9.02. The first-order valence-corrected chi connectivity index (χ1v) is 6.61. The highest BCUT2D eigenvalue weighted by molar-refractivity contribution is 6.04. The smallest absolute Gasteiger partial charge is 0.0796 e. The van der Waals surface area contributed by atoms with Crippen LogP contribution in [0.4, 0.5) is 0 Å². The highest BCUT2D eigenvalue weighted by Crippen LogP contribution is 2.26. The van der Waals surface area contributed by atoms with Gasteiger partial charge in [0, 0.05) is 28.7 Å². The van der Waals surface area contributed by atoms with Crippen molar-refractivity contribution in [3.8, 4) is 11.1 Å². The molecule has 0 atom stereocenters. The van der Waals surface area contributed by atoms with Crippen LogP contribution in [0.2, 0.25) is 0 Å². The zero-order chi connectivity index (χ0) is 13.4. The number of rotatable bonds is 1. The molecule has 2 aromatic heterocycles. The lowest BCUT2D eigenvalue weighted by molar-refractivity contribution is 1.39. The van der Waals surface area contributed by atoms with Gasteiger partial charge in [-0.1, -0.05) is 36.4 Å². The quantitative estimate of drug-likeness (QED) is 0.470. The van der Waals surface area contributed by atoms with Crippen molar-refractivity contribution in [3.05, 3.63) is 73.1 Å². The van der Waals surface area contributed by atoms with Gasteiger partial charge in [-0.05, 0) is 29.8 Å². The molecule has 0 amide bonds. The van der Waals surface area contributed by atoms with Crippen LogP contribution in [0.15, 0.2) is 73.1 Å². The molecule has 0 saturated carbocycles. The molecule has 4 rings (SSSR count). The standard InChI is InChI=1S/C18H12N2/c1-2-5-13(6-3-1)15-11-14-8-9-17-16(7-4-10-19-17)18(14)20-12-15/h1-12H. The molecule has 94 valence electrons. The number of hydrogen-bond donors (Lipinski definition) is 0. The summed E-state index contributed by atoms with van der Waals surface area (Å²) in [6.07, 6.45) is 3.75. The summed E-state index contributed by atoms with van der Waals surface area (Å²) in [6.45, 7) is 0. The van der Waals surface area contributed by atoms with Gasteiger partial charge < -0.3 is 0 Å². The second-order valence-electron chi connectivity index (χ2n) is 4.80. The molecular weight excluding hydrogens is 244 g/mol. The maximum atomic E-state index is 4.65. The van der Waals surface area contributed by atoms with E-state index in [9.17, 15) is 0 Å². The predicted octanol–water partition coefficient (Wildman–Crippen LogP) is 4.45. The first kappa shape index (κ1) is 11.1. The zero-order valence-corrected chi connectivity index (χ0v) is 10.8. The van der Waals surface area contributed by atoms with Crippen LogP contribution in [0, 0.1) is 0 Å². The molecule has 2 heterocycles. The minimum absolute atomic E-state index is 0.986. The minimum atomic E-state index is 0.986. The van der Waals surface area contributed by atoms with E-state index in [0.717, 1.165) is 27.4 Å². The lowest BCUT2D eigenvalue weighted by Gasteiger charge is -2.05. The molecule has 0 N–H and O–H groups in total. The summed E-state index contributed by atoms with van der Waals surface area (Å²) in [7, 11) is 0. The highest BCUT2D eigenvalue weighted by Gasteiger charge is 2.04. The normalized spacial score (nSPS) is 11.0. The monoisotopic (exact) mass is 256 g/mol. The number of benzene rings is 2. The van der Waals surface area contributed by atoms with Crippen LogP contribution in [-0.2, 0) is 0 Å². The van der Waals surface area contributed by atoms with E-state index in [1.165, 1.54) is 5.56 Å². The molecule has 2 nitrogen and oxygen atoms in total. The van der Waals surface area contributed by atoms with Gasteiger partial charge in [-0.25, -0.2) is 0 Å². The van der Waals surface area contributed by atoms with Crippen LogP contribution in [0.1, 0.15) is 0 Å². The average Bonchev–Trinajstić information content (AvgIpc) is 2.55. The Morgan fingerprint density at radius 3 is 2.50 bits per heavy atom. The molecule has 0 unspecified atom stereocenters. The van der Waals surface area contributed by atoms with Crippen molar-refractivity contribution in [1.82, 2.24) is 9.97 Å². The molecule has 0 fully saturated rings. The van der Waals surface area contributed by atoms with Crippen LogP contribution >= 0.6 is 0 Å². The van der Waals surface area contributed by atoms with Crippen molar-refractivity contribution < 1.29 is 0 Å². The average molecular weight is 256 g/mol. The fourth-order valence-electron chi connectivity index (χ4n) is 2.54. The summed E-state index contributed by atoms with van der Waals surface area (Å²) in [5.74, 6) is 0. The Labute approximate surface area is 116 Å². The lowest BCUT2D eigenvalue weighted by Crippen LogP contribution is -1.86. The van der Waals surface area contributed by atoms with E-state index in [0.29, 0.717) is 0 Å². The van der Waals surface area contributed by atoms with Crippen LogP contribution in [0.5, 0.6) is 0 Å². The van der Waals surface area contributed by atoms with E-state index >= 15 is 0 Å². The molecule has 0 spiro atoms. The third-order valence-corrected chi connectivity index (χ3v) is 3.54. The van der Waals surface area contributed by atoms with Gasteiger partial charge in [0.25, 0.3) is 0 Å². The highest BCUT2D eigenvalue weighted by atomic mass is 14.7. The Kier molecular flexibility index (Phi) is 2.46. The van der Waals surface area contributed by atoms with Gasteiger partial charge in [-0.15, -0.1) is 0 Å². The molecule has 0 aliphatic rings. The summed E-state index contributed by atoms with van der Waals surface area (Å²) in [5, 5.41) is 2.25. The van der Waals surface area contributed by atoms with E-state index in [4.69, 9.17) is 0 Å². The van der Waals surface area contributed by atoms with Crippen molar-refractivity contribution in [2.24, 2.45) is 0 Å². The molecule has 20 heavy (non-hydrogen) atoms. The van der Waals surface area contributed by atoms with E-state index in [1.54, 1.807) is 0 Å². The molecule has 0 aliphatic carbocycles. The second kappa shape index (κ2) is 4.42. The van der Waals surface area contributed by atoms with E-state index < -0.39 is 0 Å².